The first-order valence-electron chi connectivity index (χ1n) is 2.78. The van der Waals surface area contributed by atoms with Gasteiger partial charge in [0.05, 0.1) is 0 Å². The molecule has 0 bridgehead atoms. The van der Waals surface area contributed by atoms with Crippen molar-refractivity contribution in [3.63, 3.8) is 0 Å². The third-order valence-electron chi connectivity index (χ3n) is 0.751. The second kappa shape index (κ2) is 5.07. The number of allylic oxidation sites excluding steroid dienone is 3. The van der Waals surface area contributed by atoms with Crippen molar-refractivity contribution in [2.45, 2.75) is 13.3 Å². The standard InChI is InChI=1S/C8H10O/c1-3-4-5-6-7-8(2)9/h4,6-7H,1,5H2,2H3. The first-order chi connectivity index (χ1) is 4.27. The van der Waals surface area contributed by atoms with Crippen LogP contribution < -0.4 is 0 Å². The van der Waals surface area contributed by atoms with Gasteiger partial charge in [-0.25, -0.2) is 0 Å². The van der Waals surface area contributed by atoms with E-state index in [0.29, 0.717) is 0 Å². The monoisotopic (exact) mass is 122 g/mol. The minimum absolute atomic E-state index is 0.0764. The Balaban J connectivity index is 3.48. The van der Waals surface area contributed by atoms with Crippen molar-refractivity contribution in [2.75, 3.05) is 0 Å². The summed E-state index contributed by atoms with van der Waals surface area (Å²) in [5.41, 5.74) is 2.60. The molecule has 0 radical (unpaired) electrons. The van der Waals surface area contributed by atoms with Crippen LogP contribution in [0, 0.1) is 0 Å². The third kappa shape index (κ3) is 6.93. The van der Waals surface area contributed by atoms with Gasteiger partial charge in [0.15, 0.2) is 5.78 Å². The first-order valence-corrected chi connectivity index (χ1v) is 2.78. The van der Waals surface area contributed by atoms with E-state index in [1.807, 2.05) is 0 Å². The number of ketones is 1. The molecule has 9 heavy (non-hydrogen) atoms. The van der Waals surface area contributed by atoms with Crippen LogP contribution in [0.5, 0.6) is 0 Å². The summed E-state index contributed by atoms with van der Waals surface area (Å²) in [5.74, 6) is 0.0764. The lowest BCUT2D eigenvalue weighted by Crippen LogP contribution is -1.77. The van der Waals surface area contributed by atoms with E-state index < -0.39 is 0 Å². The molecule has 0 fully saturated rings. The predicted octanol–water partition coefficient (Wildman–Crippen LogP) is 1.86. The van der Waals surface area contributed by atoms with E-state index in [4.69, 9.17) is 0 Å². The molecule has 0 unspecified atom stereocenters. The third-order valence-corrected chi connectivity index (χ3v) is 0.751. The van der Waals surface area contributed by atoms with Crippen LogP contribution in [0.1, 0.15) is 13.3 Å². The zero-order chi connectivity index (χ0) is 7.11. The van der Waals surface area contributed by atoms with E-state index in [9.17, 15) is 4.79 Å². The van der Waals surface area contributed by atoms with Gasteiger partial charge in [-0.2, -0.15) is 0 Å². The summed E-state index contributed by atoms with van der Waals surface area (Å²) in [7, 11) is 0. The van der Waals surface area contributed by atoms with Gasteiger partial charge in [-0.15, -0.1) is 5.73 Å². The second-order valence-electron chi connectivity index (χ2n) is 1.66. The fourth-order valence-corrected chi connectivity index (χ4v) is 0.385. The lowest BCUT2D eigenvalue weighted by Gasteiger charge is -1.76. The summed E-state index contributed by atoms with van der Waals surface area (Å²) in [6.45, 7) is 4.90. The molecule has 0 aromatic rings. The molecule has 0 aliphatic rings. The molecule has 0 N–H and O–H groups in total. The second-order valence-corrected chi connectivity index (χ2v) is 1.66. The predicted molar refractivity (Wildman–Crippen MR) is 38.1 cm³/mol. The molecule has 48 valence electrons. The maximum absolute atomic E-state index is 10.3. The van der Waals surface area contributed by atoms with Crippen molar-refractivity contribution < 1.29 is 4.79 Å². The number of hydrogen-bond donors (Lipinski definition) is 0. The van der Waals surface area contributed by atoms with Gasteiger partial charge < -0.3 is 0 Å². The van der Waals surface area contributed by atoms with Gasteiger partial charge in [-0.3, -0.25) is 4.79 Å². The fourth-order valence-electron chi connectivity index (χ4n) is 0.385. The summed E-state index contributed by atoms with van der Waals surface area (Å²) in [6.07, 6.45) is 5.82. The number of hydrogen-bond acceptors (Lipinski definition) is 1. The highest BCUT2D eigenvalue weighted by Crippen LogP contribution is 1.83. The van der Waals surface area contributed by atoms with Gasteiger partial charge in [0.2, 0.25) is 0 Å². The van der Waals surface area contributed by atoms with E-state index in [0.717, 1.165) is 6.42 Å². The Morgan fingerprint density at radius 2 is 2.44 bits per heavy atom. The van der Waals surface area contributed by atoms with Gasteiger partial charge >= 0.3 is 0 Å². The summed E-state index contributed by atoms with van der Waals surface area (Å²) < 4.78 is 0. The molecular weight excluding hydrogens is 112 g/mol. The average molecular weight is 122 g/mol. The molecule has 0 rings (SSSR count). The summed E-state index contributed by atoms with van der Waals surface area (Å²) in [6, 6.07) is 0. The Bertz CT molecular complexity index is 159. The van der Waals surface area contributed by atoms with Crippen LogP contribution in [0.15, 0.2) is 30.5 Å². The van der Waals surface area contributed by atoms with E-state index in [-0.39, 0.29) is 5.78 Å². The highest BCUT2D eigenvalue weighted by atomic mass is 16.1. The molecule has 0 aromatic carbocycles. The van der Waals surface area contributed by atoms with E-state index in [2.05, 4.69) is 12.3 Å². The molecule has 0 amide bonds. The van der Waals surface area contributed by atoms with Crippen LogP contribution in [0.25, 0.3) is 0 Å². The minimum atomic E-state index is 0.0764. The van der Waals surface area contributed by atoms with Crippen molar-refractivity contribution in [3.8, 4) is 0 Å². The quantitative estimate of drug-likeness (QED) is 0.412. The Hall–Kier alpha value is -1.07. The lowest BCUT2D eigenvalue weighted by molar-refractivity contribution is -0.112. The molecule has 1 nitrogen and oxygen atoms in total. The molecule has 1 heteroatoms. The maximum Gasteiger partial charge on any atom is 0.152 e. The molecule has 0 aliphatic heterocycles. The highest BCUT2D eigenvalue weighted by molar-refractivity contribution is 5.87. The Morgan fingerprint density at radius 1 is 1.78 bits per heavy atom. The van der Waals surface area contributed by atoms with Crippen LogP contribution in [0.3, 0.4) is 0 Å². The first kappa shape index (κ1) is 7.93. The molecule has 0 saturated carbocycles. The van der Waals surface area contributed by atoms with E-state index in [1.165, 1.54) is 13.0 Å². The number of carbonyl (C=O) groups excluding carboxylic acids is 1. The topological polar surface area (TPSA) is 17.1 Å². The molecule has 0 aromatic heterocycles. The van der Waals surface area contributed by atoms with Crippen LogP contribution in [-0.2, 0) is 4.79 Å². The smallest absolute Gasteiger partial charge is 0.152 e. The molecule has 0 aliphatic carbocycles. The van der Waals surface area contributed by atoms with Gasteiger partial charge in [-0.1, -0.05) is 12.7 Å². The molecule has 0 heterocycles. The minimum Gasteiger partial charge on any atom is -0.295 e. The van der Waals surface area contributed by atoms with E-state index in [1.54, 1.807) is 12.2 Å². The van der Waals surface area contributed by atoms with E-state index >= 15 is 0 Å². The van der Waals surface area contributed by atoms with Crippen molar-refractivity contribution in [1.82, 2.24) is 0 Å². The van der Waals surface area contributed by atoms with Crippen LogP contribution >= 0.6 is 0 Å². The van der Waals surface area contributed by atoms with Crippen molar-refractivity contribution in [2.24, 2.45) is 0 Å². The Kier molecular flexibility index (Phi) is 4.47. The maximum atomic E-state index is 10.3. The van der Waals surface area contributed by atoms with Crippen molar-refractivity contribution in [3.05, 3.63) is 30.5 Å². The average Bonchev–Trinajstić information content (AvgIpc) is 1.80. The highest BCUT2D eigenvalue weighted by Gasteiger charge is 1.77. The largest absolute Gasteiger partial charge is 0.295 e. The number of carbonyl (C=O) groups is 1. The van der Waals surface area contributed by atoms with Gasteiger partial charge in [0.25, 0.3) is 0 Å². The number of rotatable bonds is 3. The Morgan fingerprint density at radius 3 is 2.89 bits per heavy atom. The van der Waals surface area contributed by atoms with Gasteiger partial charge in [-0.05, 0) is 25.5 Å². The fraction of sp³-hybridized carbons (Fsp3) is 0.250. The van der Waals surface area contributed by atoms with Crippen LogP contribution in [0.2, 0.25) is 0 Å². The summed E-state index contributed by atoms with van der Waals surface area (Å²) in [4.78, 5) is 10.3. The zero-order valence-corrected chi connectivity index (χ0v) is 5.55. The van der Waals surface area contributed by atoms with Crippen molar-refractivity contribution in [1.29, 1.82) is 0 Å². The molecule has 0 spiro atoms. The normalized spacial score (nSPS) is 9.00. The Labute approximate surface area is 55.4 Å². The molecule has 0 atom stereocenters. The van der Waals surface area contributed by atoms with Gasteiger partial charge in [0.1, 0.15) is 0 Å². The van der Waals surface area contributed by atoms with Crippen LogP contribution in [-0.4, -0.2) is 5.78 Å². The molecule has 0 saturated heterocycles. The van der Waals surface area contributed by atoms with Crippen molar-refractivity contribution >= 4 is 5.78 Å². The van der Waals surface area contributed by atoms with Gasteiger partial charge in [0, 0.05) is 0 Å². The summed E-state index contributed by atoms with van der Waals surface area (Å²) >= 11 is 0. The molecular formula is C8H10O. The van der Waals surface area contributed by atoms with Crippen LogP contribution in [0.4, 0.5) is 0 Å². The summed E-state index contributed by atoms with van der Waals surface area (Å²) in [5, 5.41) is 0. The SMILES string of the molecule is C=C=CCC=CC(C)=O. The zero-order valence-electron chi connectivity index (χ0n) is 5.55. The lowest BCUT2D eigenvalue weighted by atomic mass is 10.3.